The lowest BCUT2D eigenvalue weighted by Gasteiger charge is -2.36. The number of para-hydroxylation sites is 1. The Balaban J connectivity index is 1.28. The first-order chi connectivity index (χ1) is 14.2. The number of nitrogens with zero attached hydrogens (tertiary/aromatic N) is 4. The van der Waals surface area contributed by atoms with Crippen LogP contribution in [0.1, 0.15) is 42.6 Å². The molecule has 2 amide bonds. The van der Waals surface area contributed by atoms with E-state index in [2.05, 4.69) is 20.4 Å². The van der Waals surface area contributed by atoms with Gasteiger partial charge in [-0.2, -0.15) is 0 Å². The van der Waals surface area contributed by atoms with Crippen molar-refractivity contribution in [3.8, 4) is 0 Å². The summed E-state index contributed by atoms with van der Waals surface area (Å²) < 4.78 is 0. The second kappa shape index (κ2) is 9.03. The molecule has 2 saturated heterocycles. The molecule has 0 saturated carbocycles. The Morgan fingerprint density at radius 3 is 2.48 bits per heavy atom. The summed E-state index contributed by atoms with van der Waals surface area (Å²) >= 11 is 0. The Kier molecular flexibility index (Phi) is 6.03. The van der Waals surface area contributed by atoms with Crippen molar-refractivity contribution in [1.29, 1.82) is 0 Å². The van der Waals surface area contributed by atoms with E-state index in [-0.39, 0.29) is 5.91 Å². The van der Waals surface area contributed by atoms with Crippen LogP contribution >= 0.6 is 0 Å². The highest BCUT2D eigenvalue weighted by Crippen LogP contribution is 2.24. The van der Waals surface area contributed by atoms with Crippen molar-refractivity contribution in [3.63, 3.8) is 0 Å². The first-order valence-electron chi connectivity index (χ1n) is 10.4. The Hall–Kier alpha value is -2.96. The summed E-state index contributed by atoms with van der Waals surface area (Å²) in [5, 5.41) is 11.2. The summed E-state index contributed by atoms with van der Waals surface area (Å²) in [7, 11) is 0. The first kappa shape index (κ1) is 19.4. The van der Waals surface area contributed by atoms with E-state index in [0.29, 0.717) is 23.9 Å². The predicted molar refractivity (Wildman–Crippen MR) is 112 cm³/mol. The maximum atomic E-state index is 12.3. The number of likely N-dealkylation sites (tertiary alicyclic amines) is 1. The van der Waals surface area contributed by atoms with Gasteiger partial charge in [-0.1, -0.05) is 18.2 Å². The van der Waals surface area contributed by atoms with E-state index in [1.807, 2.05) is 41.3 Å². The lowest BCUT2D eigenvalue weighted by atomic mass is 9.95. The lowest BCUT2D eigenvalue weighted by Crippen LogP contribution is -2.43. The summed E-state index contributed by atoms with van der Waals surface area (Å²) in [6, 6.07) is 12.9. The minimum atomic E-state index is -0.264. The Morgan fingerprint density at radius 1 is 1.00 bits per heavy atom. The van der Waals surface area contributed by atoms with Gasteiger partial charge in [-0.15, -0.1) is 10.2 Å². The molecular weight excluding hydrogens is 366 g/mol. The molecule has 4 rings (SSSR count). The van der Waals surface area contributed by atoms with Gasteiger partial charge in [0, 0.05) is 38.3 Å². The Labute approximate surface area is 171 Å². The highest BCUT2D eigenvalue weighted by atomic mass is 16.2. The fourth-order valence-electron chi connectivity index (χ4n) is 4.04. The van der Waals surface area contributed by atoms with Gasteiger partial charge < -0.3 is 15.1 Å². The van der Waals surface area contributed by atoms with E-state index in [0.717, 1.165) is 63.4 Å². The quantitative estimate of drug-likeness (QED) is 0.845. The van der Waals surface area contributed by atoms with E-state index in [4.69, 9.17) is 0 Å². The van der Waals surface area contributed by atoms with Crippen molar-refractivity contribution in [2.75, 3.05) is 36.4 Å². The van der Waals surface area contributed by atoms with Gasteiger partial charge in [-0.25, -0.2) is 0 Å². The minimum absolute atomic E-state index is 0.264. The molecule has 29 heavy (non-hydrogen) atoms. The molecule has 1 N–H and O–H groups in total. The van der Waals surface area contributed by atoms with Crippen LogP contribution in [0.3, 0.4) is 0 Å². The molecule has 2 aliphatic rings. The van der Waals surface area contributed by atoms with Gasteiger partial charge in [0.15, 0.2) is 11.5 Å². The molecule has 0 aliphatic carbocycles. The molecule has 0 radical (unpaired) electrons. The van der Waals surface area contributed by atoms with Gasteiger partial charge >= 0.3 is 0 Å². The highest BCUT2D eigenvalue weighted by Gasteiger charge is 2.25. The third-order valence-corrected chi connectivity index (χ3v) is 5.75. The van der Waals surface area contributed by atoms with Gasteiger partial charge in [-0.05, 0) is 55.9 Å². The van der Waals surface area contributed by atoms with Gasteiger partial charge in [-0.3, -0.25) is 9.59 Å². The van der Waals surface area contributed by atoms with Crippen molar-refractivity contribution < 1.29 is 9.59 Å². The minimum Gasteiger partial charge on any atom is -0.355 e. The van der Waals surface area contributed by atoms with Crippen LogP contribution in [0.4, 0.5) is 11.5 Å². The van der Waals surface area contributed by atoms with Crippen LogP contribution in [-0.4, -0.2) is 53.1 Å². The van der Waals surface area contributed by atoms with Gasteiger partial charge in [0.1, 0.15) is 0 Å². The maximum Gasteiger partial charge on any atom is 0.276 e. The van der Waals surface area contributed by atoms with E-state index in [1.165, 1.54) is 0 Å². The lowest BCUT2D eigenvalue weighted by molar-refractivity contribution is -0.134. The number of anilines is 2. The number of carbonyl (C=O) groups excluding carboxylic acids is 2. The maximum absolute atomic E-state index is 12.3. The molecule has 3 heterocycles. The highest BCUT2D eigenvalue weighted by molar-refractivity contribution is 6.02. The second-order valence-corrected chi connectivity index (χ2v) is 7.82. The SMILES string of the molecule is O=C(Nc1ccccc1)c1ccc(N2CCC(CN3CCCCC3=O)CC2)nn1. The molecule has 7 nitrogen and oxygen atoms in total. The molecule has 0 bridgehead atoms. The number of rotatable bonds is 5. The monoisotopic (exact) mass is 393 g/mol. The number of aromatic nitrogens is 2. The summed E-state index contributed by atoms with van der Waals surface area (Å²) in [6.45, 7) is 3.60. The van der Waals surface area contributed by atoms with E-state index >= 15 is 0 Å². The number of piperidine rings is 2. The zero-order valence-electron chi connectivity index (χ0n) is 16.6. The standard InChI is InChI=1S/C22H27N5O2/c28-21-8-4-5-13-27(21)16-17-11-14-26(15-12-17)20-10-9-19(24-25-20)22(29)23-18-6-2-1-3-7-18/h1-3,6-7,9-10,17H,4-5,8,11-16H2,(H,23,29). The normalized spacial score (nSPS) is 18.0. The molecule has 0 unspecified atom stereocenters. The number of nitrogens with one attached hydrogen (secondary N) is 1. The van der Waals surface area contributed by atoms with E-state index in [9.17, 15) is 9.59 Å². The fourth-order valence-corrected chi connectivity index (χ4v) is 4.04. The largest absolute Gasteiger partial charge is 0.355 e. The molecular formula is C22H27N5O2. The zero-order valence-corrected chi connectivity index (χ0v) is 16.6. The average molecular weight is 393 g/mol. The van der Waals surface area contributed by atoms with Crippen LogP contribution in [0.2, 0.25) is 0 Å². The number of benzene rings is 1. The number of hydrogen-bond acceptors (Lipinski definition) is 5. The zero-order chi connectivity index (χ0) is 20.1. The molecule has 1 aromatic heterocycles. The van der Waals surface area contributed by atoms with Crippen LogP contribution in [0.5, 0.6) is 0 Å². The molecule has 0 spiro atoms. The average Bonchev–Trinajstić information content (AvgIpc) is 2.77. The summed E-state index contributed by atoms with van der Waals surface area (Å²) in [5.41, 5.74) is 1.04. The van der Waals surface area contributed by atoms with Crippen molar-refractivity contribution in [1.82, 2.24) is 15.1 Å². The van der Waals surface area contributed by atoms with Gasteiger partial charge in [0.2, 0.25) is 5.91 Å². The van der Waals surface area contributed by atoms with Crippen molar-refractivity contribution in [2.24, 2.45) is 5.92 Å². The summed E-state index contributed by atoms with van der Waals surface area (Å²) in [5.74, 6) is 1.40. The van der Waals surface area contributed by atoms with Crippen molar-refractivity contribution in [2.45, 2.75) is 32.1 Å². The van der Waals surface area contributed by atoms with Crippen molar-refractivity contribution in [3.05, 3.63) is 48.2 Å². The first-order valence-corrected chi connectivity index (χ1v) is 10.4. The Bertz CT molecular complexity index is 832. The summed E-state index contributed by atoms with van der Waals surface area (Å²) in [4.78, 5) is 28.6. The van der Waals surface area contributed by atoms with E-state index < -0.39 is 0 Å². The number of amides is 2. The third kappa shape index (κ3) is 4.91. The van der Waals surface area contributed by atoms with Gasteiger partial charge in [0.05, 0.1) is 0 Å². The number of carbonyl (C=O) groups is 2. The number of hydrogen-bond donors (Lipinski definition) is 1. The van der Waals surface area contributed by atoms with E-state index in [1.54, 1.807) is 6.07 Å². The molecule has 2 fully saturated rings. The molecule has 1 aromatic carbocycles. The van der Waals surface area contributed by atoms with Crippen LogP contribution in [0.15, 0.2) is 42.5 Å². The Morgan fingerprint density at radius 2 is 1.79 bits per heavy atom. The molecule has 0 atom stereocenters. The van der Waals surface area contributed by atoms with Gasteiger partial charge in [0.25, 0.3) is 5.91 Å². The van der Waals surface area contributed by atoms with Crippen LogP contribution in [0, 0.1) is 5.92 Å². The summed E-state index contributed by atoms with van der Waals surface area (Å²) in [6.07, 6.45) is 4.96. The third-order valence-electron chi connectivity index (χ3n) is 5.75. The van der Waals surface area contributed by atoms with Crippen LogP contribution < -0.4 is 10.2 Å². The predicted octanol–water partition coefficient (Wildman–Crippen LogP) is 2.96. The molecule has 2 aromatic rings. The fraction of sp³-hybridized carbons (Fsp3) is 0.455. The van der Waals surface area contributed by atoms with Crippen molar-refractivity contribution >= 4 is 23.3 Å². The van der Waals surface area contributed by atoms with Crippen LogP contribution in [-0.2, 0) is 4.79 Å². The smallest absolute Gasteiger partial charge is 0.276 e. The topological polar surface area (TPSA) is 78.4 Å². The van der Waals surface area contributed by atoms with Crippen LogP contribution in [0.25, 0.3) is 0 Å². The molecule has 152 valence electrons. The molecule has 2 aliphatic heterocycles. The molecule has 7 heteroatoms. The second-order valence-electron chi connectivity index (χ2n) is 7.82.